The Morgan fingerprint density at radius 3 is 2.65 bits per heavy atom. The fraction of sp³-hybridized carbons (Fsp3) is 0.708. The lowest BCUT2D eigenvalue weighted by Gasteiger charge is -2.47. The van der Waals surface area contributed by atoms with Gasteiger partial charge in [0.2, 0.25) is 0 Å². The Morgan fingerprint density at radius 1 is 1.03 bits per heavy atom. The van der Waals surface area contributed by atoms with Crippen LogP contribution >= 0.6 is 0 Å². The summed E-state index contributed by atoms with van der Waals surface area (Å²) in [5, 5.41) is 15.6. The van der Waals surface area contributed by atoms with Crippen LogP contribution in [0.2, 0.25) is 0 Å². The van der Waals surface area contributed by atoms with Gasteiger partial charge in [-0.1, -0.05) is 31.7 Å². The second-order valence-electron chi connectivity index (χ2n) is 9.10. The largest absolute Gasteiger partial charge is 0.357 e. The Balaban J connectivity index is 1.33. The van der Waals surface area contributed by atoms with Crippen LogP contribution in [0.4, 0.5) is 0 Å². The van der Waals surface area contributed by atoms with Crippen molar-refractivity contribution >= 4 is 11.6 Å². The van der Waals surface area contributed by atoms with Gasteiger partial charge in [-0.25, -0.2) is 0 Å². The first-order chi connectivity index (χ1) is 15.3. The van der Waals surface area contributed by atoms with Crippen molar-refractivity contribution in [1.82, 2.24) is 30.1 Å². The minimum atomic E-state index is 0.279. The van der Waals surface area contributed by atoms with Crippen LogP contribution in [0.15, 0.2) is 29.4 Å². The maximum atomic E-state index is 5.09. The maximum absolute atomic E-state index is 5.09. The molecule has 3 heterocycles. The Hall–Kier alpha value is -2.15. The highest BCUT2D eigenvalue weighted by Crippen LogP contribution is 2.35. The lowest BCUT2D eigenvalue weighted by Crippen LogP contribution is -2.54. The Morgan fingerprint density at radius 2 is 1.84 bits per heavy atom. The van der Waals surface area contributed by atoms with Gasteiger partial charge in [0.25, 0.3) is 0 Å². The maximum Gasteiger partial charge on any atom is 0.191 e. The topological polar surface area (TPSA) is 69.8 Å². The smallest absolute Gasteiger partial charge is 0.191 e. The molecule has 7 nitrogen and oxygen atoms in total. The molecule has 2 aliphatic rings. The zero-order valence-electron chi connectivity index (χ0n) is 19.2. The van der Waals surface area contributed by atoms with E-state index in [4.69, 9.17) is 4.99 Å². The Bertz CT molecular complexity index is 831. The first-order valence-corrected chi connectivity index (χ1v) is 12.4. The summed E-state index contributed by atoms with van der Waals surface area (Å²) >= 11 is 0. The van der Waals surface area contributed by atoms with E-state index < -0.39 is 0 Å². The Kier molecular flexibility index (Phi) is 7.78. The average molecular weight is 426 g/mol. The molecule has 1 aliphatic heterocycles. The second-order valence-corrected chi connectivity index (χ2v) is 9.10. The van der Waals surface area contributed by atoms with E-state index in [-0.39, 0.29) is 5.54 Å². The summed E-state index contributed by atoms with van der Waals surface area (Å²) in [5.74, 6) is 1.97. The quantitative estimate of drug-likeness (QED) is 0.385. The highest BCUT2D eigenvalue weighted by atomic mass is 15.3. The summed E-state index contributed by atoms with van der Waals surface area (Å²) in [6.07, 6.45) is 14.7. The number of hydrogen-bond donors (Lipinski definition) is 2. The minimum absolute atomic E-state index is 0.279. The predicted molar refractivity (Wildman–Crippen MR) is 127 cm³/mol. The van der Waals surface area contributed by atoms with Gasteiger partial charge in [-0.15, -0.1) is 10.2 Å². The normalized spacial score (nSPS) is 20.1. The van der Waals surface area contributed by atoms with Crippen molar-refractivity contribution in [3.05, 3.63) is 30.2 Å². The van der Waals surface area contributed by atoms with E-state index in [0.717, 1.165) is 49.9 Å². The number of piperidine rings is 1. The molecule has 1 aliphatic carbocycles. The number of guanidine groups is 1. The average Bonchev–Trinajstić information content (AvgIpc) is 3.24. The van der Waals surface area contributed by atoms with Crippen LogP contribution in [0.25, 0.3) is 5.65 Å². The van der Waals surface area contributed by atoms with Gasteiger partial charge in [0.1, 0.15) is 5.82 Å². The minimum Gasteiger partial charge on any atom is -0.357 e. The molecule has 0 atom stereocenters. The number of fused-ring (bicyclic) bond motifs is 1. The monoisotopic (exact) mass is 425 g/mol. The van der Waals surface area contributed by atoms with Crippen LogP contribution < -0.4 is 10.6 Å². The van der Waals surface area contributed by atoms with Gasteiger partial charge < -0.3 is 10.6 Å². The van der Waals surface area contributed by atoms with Crippen molar-refractivity contribution in [1.29, 1.82) is 0 Å². The van der Waals surface area contributed by atoms with Gasteiger partial charge >= 0.3 is 0 Å². The van der Waals surface area contributed by atoms with Gasteiger partial charge in [0, 0.05) is 31.2 Å². The van der Waals surface area contributed by atoms with Gasteiger partial charge in [0.05, 0.1) is 6.54 Å². The highest BCUT2D eigenvalue weighted by Gasteiger charge is 2.38. The molecule has 170 valence electrons. The molecule has 0 amide bonds. The van der Waals surface area contributed by atoms with Gasteiger partial charge in [-0.2, -0.15) is 0 Å². The standard InChI is InChI=1S/C24H39N7/c1-2-25-23(26-16-11-13-22-29-28-21-12-5-10-19-31(21)22)27-20-24(14-6-3-7-15-24)30-17-8-4-9-18-30/h5,10,12,19H,2-4,6-9,11,13-18,20H2,1H3,(H2,25,26,27). The number of hydrogen-bond acceptors (Lipinski definition) is 4. The summed E-state index contributed by atoms with van der Waals surface area (Å²) in [6, 6.07) is 6.02. The summed E-state index contributed by atoms with van der Waals surface area (Å²) in [4.78, 5) is 7.87. The third-order valence-electron chi connectivity index (χ3n) is 6.94. The first kappa shape index (κ1) is 22.1. The zero-order valence-corrected chi connectivity index (χ0v) is 19.2. The Labute approximate surface area is 186 Å². The van der Waals surface area contributed by atoms with E-state index in [9.17, 15) is 0 Å². The summed E-state index contributed by atoms with van der Waals surface area (Å²) < 4.78 is 2.07. The molecule has 1 saturated carbocycles. The van der Waals surface area contributed by atoms with E-state index in [2.05, 4.69) is 37.1 Å². The van der Waals surface area contributed by atoms with Gasteiger partial charge in [-0.05, 0) is 64.3 Å². The van der Waals surface area contributed by atoms with Crippen LogP contribution in [-0.2, 0) is 6.42 Å². The number of rotatable bonds is 8. The number of likely N-dealkylation sites (tertiary alicyclic amines) is 1. The molecule has 7 heteroatoms. The third kappa shape index (κ3) is 5.56. The van der Waals surface area contributed by atoms with Crippen LogP contribution in [-0.4, -0.2) is 63.7 Å². The molecular formula is C24H39N7. The number of aryl methyl sites for hydroxylation is 1. The van der Waals surface area contributed by atoms with Gasteiger partial charge in [-0.3, -0.25) is 14.3 Å². The van der Waals surface area contributed by atoms with Crippen LogP contribution in [0.5, 0.6) is 0 Å². The molecule has 31 heavy (non-hydrogen) atoms. The molecule has 1 saturated heterocycles. The van der Waals surface area contributed by atoms with E-state index in [1.54, 1.807) is 0 Å². The molecule has 0 unspecified atom stereocenters. The second kappa shape index (κ2) is 10.9. The molecule has 2 fully saturated rings. The van der Waals surface area contributed by atoms with E-state index in [1.807, 2.05) is 24.4 Å². The number of pyridine rings is 1. The molecule has 2 aromatic rings. The van der Waals surface area contributed by atoms with E-state index in [0.29, 0.717) is 0 Å². The van der Waals surface area contributed by atoms with Crippen molar-refractivity contribution < 1.29 is 0 Å². The summed E-state index contributed by atoms with van der Waals surface area (Å²) in [6.45, 7) is 7.33. The molecular weight excluding hydrogens is 386 g/mol. The van der Waals surface area contributed by atoms with Gasteiger partial charge in [0.15, 0.2) is 11.6 Å². The molecule has 2 N–H and O–H groups in total. The predicted octanol–water partition coefficient (Wildman–Crippen LogP) is 3.41. The molecule has 0 radical (unpaired) electrons. The van der Waals surface area contributed by atoms with Crippen LogP contribution in [0.1, 0.15) is 70.5 Å². The molecule has 2 aromatic heterocycles. The van der Waals surface area contributed by atoms with Crippen LogP contribution in [0, 0.1) is 0 Å². The van der Waals surface area contributed by atoms with Crippen molar-refractivity contribution in [3.8, 4) is 0 Å². The fourth-order valence-corrected chi connectivity index (χ4v) is 5.24. The summed E-state index contributed by atoms with van der Waals surface area (Å²) in [5.41, 5.74) is 1.19. The van der Waals surface area contributed by atoms with Crippen LogP contribution in [0.3, 0.4) is 0 Å². The summed E-state index contributed by atoms with van der Waals surface area (Å²) in [7, 11) is 0. The first-order valence-electron chi connectivity index (χ1n) is 12.4. The molecule has 4 rings (SSSR count). The number of nitrogens with zero attached hydrogens (tertiary/aromatic N) is 5. The third-order valence-corrected chi connectivity index (χ3v) is 6.94. The van der Waals surface area contributed by atoms with Crippen molar-refractivity contribution in [2.75, 3.05) is 32.7 Å². The number of aliphatic imine (C=N–C) groups is 1. The van der Waals surface area contributed by atoms with Crippen molar-refractivity contribution in [3.63, 3.8) is 0 Å². The fourth-order valence-electron chi connectivity index (χ4n) is 5.24. The van der Waals surface area contributed by atoms with E-state index in [1.165, 1.54) is 64.5 Å². The lowest BCUT2D eigenvalue weighted by atomic mass is 9.79. The van der Waals surface area contributed by atoms with Crippen molar-refractivity contribution in [2.45, 2.75) is 76.7 Å². The number of aromatic nitrogens is 3. The zero-order chi connectivity index (χ0) is 21.4. The van der Waals surface area contributed by atoms with E-state index >= 15 is 0 Å². The molecule has 0 spiro atoms. The molecule has 0 aromatic carbocycles. The van der Waals surface area contributed by atoms with Crippen molar-refractivity contribution in [2.24, 2.45) is 4.99 Å². The number of nitrogens with one attached hydrogen (secondary N) is 2. The SMILES string of the molecule is CCNC(=NCC1(N2CCCCC2)CCCCC1)NCCCc1nnc2ccccn12. The highest BCUT2D eigenvalue weighted by molar-refractivity contribution is 5.79. The molecule has 0 bridgehead atoms. The lowest BCUT2D eigenvalue weighted by molar-refractivity contribution is 0.0407.